The van der Waals surface area contributed by atoms with Crippen LogP contribution in [-0.2, 0) is 16.0 Å². The van der Waals surface area contributed by atoms with Crippen LogP contribution in [0, 0.1) is 0 Å². The van der Waals surface area contributed by atoms with Crippen molar-refractivity contribution in [1.82, 2.24) is 19.7 Å². The summed E-state index contributed by atoms with van der Waals surface area (Å²) in [5.41, 5.74) is 5.98. The molecule has 1 aliphatic heterocycles. The van der Waals surface area contributed by atoms with Crippen molar-refractivity contribution in [2.75, 3.05) is 19.7 Å². The maximum atomic E-state index is 12.4. The molecule has 0 aliphatic carbocycles. The summed E-state index contributed by atoms with van der Waals surface area (Å²) in [6, 6.07) is 7.17. The first-order valence-electron chi connectivity index (χ1n) is 8.24. The largest absolute Gasteiger partial charge is 0.484 e. The number of aromatic nitrogens is 3. The van der Waals surface area contributed by atoms with E-state index < -0.39 is 0 Å². The fourth-order valence-electron chi connectivity index (χ4n) is 2.94. The molecule has 2 heterocycles. The van der Waals surface area contributed by atoms with Crippen LogP contribution < -0.4 is 10.5 Å². The van der Waals surface area contributed by atoms with Crippen LogP contribution in [0.3, 0.4) is 0 Å². The first kappa shape index (κ1) is 16.9. The Bertz CT molecular complexity index is 714. The molecule has 1 aromatic carbocycles. The Kier molecular flexibility index (Phi) is 5.27. The molecule has 0 spiro atoms. The van der Waals surface area contributed by atoms with Gasteiger partial charge < -0.3 is 15.4 Å². The van der Waals surface area contributed by atoms with Gasteiger partial charge in [-0.1, -0.05) is 12.1 Å². The molecule has 1 atom stereocenters. The van der Waals surface area contributed by atoms with E-state index in [2.05, 4.69) is 10.1 Å². The Morgan fingerprint density at radius 1 is 1.28 bits per heavy atom. The molecule has 1 aromatic heterocycles. The number of rotatable bonds is 6. The Balaban J connectivity index is 1.51. The SMILES string of the molecule is NC(=O)Cc1ccc(OCC(=O)N2CCCC(n3cncn3)C2)cc1. The smallest absolute Gasteiger partial charge is 0.260 e. The van der Waals surface area contributed by atoms with Crippen molar-refractivity contribution in [3.63, 3.8) is 0 Å². The van der Waals surface area contributed by atoms with Crippen LogP contribution in [-0.4, -0.2) is 51.2 Å². The zero-order valence-electron chi connectivity index (χ0n) is 13.9. The second kappa shape index (κ2) is 7.78. The summed E-state index contributed by atoms with van der Waals surface area (Å²) in [7, 11) is 0. The molecular formula is C17H21N5O3. The summed E-state index contributed by atoms with van der Waals surface area (Å²) in [4.78, 5) is 29.0. The average Bonchev–Trinajstić information content (AvgIpc) is 3.15. The third-order valence-electron chi connectivity index (χ3n) is 4.22. The first-order valence-corrected chi connectivity index (χ1v) is 8.24. The minimum atomic E-state index is -0.379. The molecule has 25 heavy (non-hydrogen) atoms. The van der Waals surface area contributed by atoms with Gasteiger partial charge in [-0.3, -0.25) is 9.59 Å². The van der Waals surface area contributed by atoms with E-state index in [1.165, 1.54) is 6.33 Å². The Labute approximate surface area is 145 Å². The quantitative estimate of drug-likeness (QED) is 0.825. The fraction of sp³-hybridized carbons (Fsp3) is 0.412. The second-order valence-corrected chi connectivity index (χ2v) is 6.09. The van der Waals surface area contributed by atoms with Gasteiger partial charge in [0.2, 0.25) is 5.91 Å². The highest BCUT2D eigenvalue weighted by atomic mass is 16.5. The van der Waals surface area contributed by atoms with Gasteiger partial charge in [0.15, 0.2) is 6.61 Å². The van der Waals surface area contributed by atoms with Gasteiger partial charge in [0.25, 0.3) is 5.91 Å². The lowest BCUT2D eigenvalue weighted by Gasteiger charge is -2.32. The standard InChI is InChI=1S/C17H21N5O3/c18-16(23)8-13-3-5-15(6-4-13)25-10-17(24)21-7-1-2-14(9-21)22-12-19-11-20-22/h3-6,11-12,14H,1-2,7-10H2,(H2,18,23). The molecule has 0 radical (unpaired) electrons. The molecule has 2 amide bonds. The van der Waals surface area contributed by atoms with Crippen molar-refractivity contribution >= 4 is 11.8 Å². The van der Waals surface area contributed by atoms with Crippen LogP contribution in [0.2, 0.25) is 0 Å². The number of amides is 2. The van der Waals surface area contributed by atoms with Crippen molar-refractivity contribution in [3.8, 4) is 5.75 Å². The lowest BCUT2D eigenvalue weighted by Crippen LogP contribution is -2.43. The number of piperidine rings is 1. The van der Waals surface area contributed by atoms with Gasteiger partial charge in [-0.25, -0.2) is 9.67 Å². The molecule has 3 rings (SSSR count). The number of likely N-dealkylation sites (tertiary alicyclic amines) is 1. The van der Waals surface area contributed by atoms with Crippen LogP contribution in [0.5, 0.6) is 5.75 Å². The zero-order chi connectivity index (χ0) is 17.6. The van der Waals surface area contributed by atoms with Gasteiger partial charge in [0.1, 0.15) is 18.4 Å². The highest BCUT2D eigenvalue weighted by Gasteiger charge is 2.25. The van der Waals surface area contributed by atoms with Gasteiger partial charge >= 0.3 is 0 Å². The van der Waals surface area contributed by atoms with E-state index in [0.29, 0.717) is 12.3 Å². The minimum absolute atomic E-state index is 0.0146. The molecule has 0 saturated carbocycles. The van der Waals surface area contributed by atoms with Gasteiger partial charge in [-0.05, 0) is 30.5 Å². The highest BCUT2D eigenvalue weighted by molar-refractivity contribution is 5.78. The van der Waals surface area contributed by atoms with Gasteiger partial charge in [-0.15, -0.1) is 0 Å². The number of hydrogen-bond donors (Lipinski definition) is 1. The number of nitrogens with two attached hydrogens (primary N) is 1. The van der Waals surface area contributed by atoms with Gasteiger partial charge in [-0.2, -0.15) is 5.10 Å². The van der Waals surface area contributed by atoms with Crippen molar-refractivity contribution in [3.05, 3.63) is 42.5 Å². The predicted octanol–water partition coefficient (Wildman–Crippen LogP) is 0.548. The number of ether oxygens (including phenoxy) is 1. The molecule has 8 nitrogen and oxygen atoms in total. The molecule has 132 valence electrons. The monoisotopic (exact) mass is 343 g/mol. The molecular weight excluding hydrogens is 322 g/mol. The zero-order valence-corrected chi connectivity index (χ0v) is 13.9. The van der Waals surface area contributed by atoms with E-state index >= 15 is 0 Å². The summed E-state index contributed by atoms with van der Waals surface area (Å²) in [5.74, 6) is 0.160. The molecule has 8 heteroatoms. The summed E-state index contributed by atoms with van der Waals surface area (Å²) >= 11 is 0. The first-order chi connectivity index (χ1) is 12.1. The highest BCUT2D eigenvalue weighted by Crippen LogP contribution is 2.20. The number of carbonyl (C=O) groups excluding carboxylic acids is 2. The second-order valence-electron chi connectivity index (χ2n) is 6.09. The maximum Gasteiger partial charge on any atom is 0.260 e. The summed E-state index contributed by atoms with van der Waals surface area (Å²) in [6.07, 6.45) is 5.29. The lowest BCUT2D eigenvalue weighted by atomic mass is 10.1. The third-order valence-corrected chi connectivity index (χ3v) is 4.22. The summed E-state index contributed by atoms with van der Waals surface area (Å²) in [6.45, 7) is 1.33. The van der Waals surface area contributed by atoms with E-state index in [1.807, 2.05) is 0 Å². The predicted molar refractivity (Wildman–Crippen MR) is 89.7 cm³/mol. The fourth-order valence-corrected chi connectivity index (χ4v) is 2.94. The van der Waals surface area contributed by atoms with E-state index in [4.69, 9.17) is 10.5 Å². The molecule has 1 fully saturated rings. The van der Waals surface area contributed by atoms with Crippen molar-refractivity contribution in [2.45, 2.75) is 25.3 Å². The molecule has 2 aromatic rings. The topological polar surface area (TPSA) is 103 Å². The van der Waals surface area contributed by atoms with E-state index in [1.54, 1.807) is 40.2 Å². The minimum Gasteiger partial charge on any atom is -0.484 e. The van der Waals surface area contributed by atoms with E-state index in [9.17, 15) is 9.59 Å². The maximum absolute atomic E-state index is 12.4. The third kappa shape index (κ3) is 4.56. The van der Waals surface area contributed by atoms with Gasteiger partial charge in [0, 0.05) is 13.1 Å². The van der Waals surface area contributed by atoms with Crippen molar-refractivity contribution in [1.29, 1.82) is 0 Å². The number of hydrogen-bond acceptors (Lipinski definition) is 5. The molecule has 0 bridgehead atoms. The molecule has 1 saturated heterocycles. The van der Waals surface area contributed by atoms with Crippen molar-refractivity contribution in [2.24, 2.45) is 5.73 Å². The summed E-state index contributed by atoms with van der Waals surface area (Å²) in [5, 5.41) is 4.16. The van der Waals surface area contributed by atoms with Gasteiger partial charge in [0.05, 0.1) is 12.5 Å². The van der Waals surface area contributed by atoms with Crippen molar-refractivity contribution < 1.29 is 14.3 Å². The number of primary amides is 1. The van der Waals surface area contributed by atoms with Crippen LogP contribution in [0.25, 0.3) is 0 Å². The summed E-state index contributed by atoms with van der Waals surface area (Å²) < 4.78 is 7.37. The molecule has 1 aliphatic rings. The average molecular weight is 343 g/mol. The van der Waals surface area contributed by atoms with Crippen LogP contribution in [0.4, 0.5) is 0 Å². The number of nitrogens with zero attached hydrogens (tertiary/aromatic N) is 4. The molecule has 1 unspecified atom stereocenters. The van der Waals surface area contributed by atoms with E-state index in [-0.39, 0.29) is 30.9 Å². The normalized spacial score (nSPS) is 17.3. The Hall–Kier alpha value is -2.90. The molecule has 2 N–H and O–H groups in total. The Morgan fingerprint density at radius 2 is 2.08 bits per heavy atom. The Morgan fingerprint density at radius 3 is 2.76 bits per heavy atom. The van der Waals surface area contributed by atoms with Crippen LogP contribution >= 0.6 is 0 Å². The van der Waals surface area contributed by atoms with Crippen LogP contribution in [0.15, 0.2) is 36.9 Å². The lowest BCUT2D eigenvalue weighted by molar-refractivity contribution is -0.135. The number of benzene rings is 1. The van der Waals surface area contributed by atoms with Crippen LogP contribution in [0.1, 0.15) is 24.4 Å². The number of carbonyl (C=O) groups is 2. The van der Waals surface area contributed by atoms with E-state index in [0.717, 1.165) is 24.9 Å².